The Morgan fingerprint density at radius 2 is 1.40 bits per heavy atom. The molecule has 2 aromatic carbocycles. The molecule has 0 radical (unpaired) electrons. The molecule has 47 heavy (non-hydrogen) atoms. The van der Waals surface area contributed by atoms with E-state index in [1.54, 1.807) is 12.1 Å². The summed E-state index contributed by atoms with van der Waals surface area (Å²) in [4.78, 5) is 12.8. The first-order valence-corrected chi connectivity index (χ1v) is 18.4. The number of hydrogen-bond acceptors (Lipinski definition) is 6. The van der Waals surface area contributed by atoms with Gasteiger partial charge in [-0.05, 0) is 75.6 Å². The largest absolute Gasteiger partial charge is 0.481 e. The molecule has 0 amide bonds. The third-order valence-corrected chi connectivity index (χ3v) is 10.6. The predicted octanol–water partition coefficient (Wildman–Crippen LogP) is 6.57. The topological polar surface area (TPSA) is 152 Å². The van der Waals surface area contributed by atoms with Crippen LogP contribution in [0.15, 0.2) is 94.4 Å². The van der Waals surface area contributed by atoms with Crippen LogP contribution in [0, 0.1) is 0 Å². The zero-order chi connectivity index (χ0) is 34.8. The molecular formula is C35H43N2O8S2+. The van der Waals surface area contributed by atoms with Crippen molar-refractivity contribution >= 4 is 43.3 Å². The Bertz CT molecular complexity index is 1930. The van der Waals surface area contributed by atoms with E-state index in [9.17, 15) is 30.7 Å². The SMILES string of the molecule is CC[N+]1=C(C=CC=CC=CC=C2N(CCCCCC(=O)O)c3ccc(S(=O)(=O)O)cc3C2(C)C)C(C)(C)c2cc(S(=O)(=O)O)ccc21. The number of rotatable bonds is 13. The molecule has 12 heteroatoms. The van der Waals surface area contributed by atoms with Crippen molar-refractivity contribution in [1.29, 1.82) is 0 Å². The molecule has 2 aliphatic rings. The Labute approximate surface area is 277 Å². The van der Waals surface area contributed by atoms with E-state index >= 15 is 0 Å². The number of carboxylic acid groups (broad SMARTS) is 1. The summed E-state index contributed by atoms with van der Waals surface area (Å²) < 4.78 is 68.6. The number of aliphatic carboxylic acids is 1. The molecule has 0 bridgehead atoms. The molecule has 0 spiro atoms. The fourth-order valence-electron chi connectivity index (χ4n) is 6.42. The van der Waals surface area contributed by atoms with E-state index in [2.05, 4.69) is 9.48 Å². The number of unbranched alkanes of at least 4 members (excludes halogenated alkanes) is 2. The van der Waals surface area contributed by atoms with Crippen LogP contribution in [-0.2, 0) is 35.9 Å². The highest BCUT2D eigenvalue weighted by Crippen LogP contribution is 2.48. The van der Waals surface area contributed by atoms with Gasteiger partial charge >= 0.3 is 5.97 Å². The van der Waals surface area contributed by atoms with Crippen molar-refractivity contribution in [1.82, 2.24) is 0 Å². The highest BCUT2D eigenvalue weighted by molar-refractivity contribution is 7.86. The Morgan fingerprint density at radius 3 is 2.02 bits per heavy atom. The molecule has 0 fully saturated rings. The Hall–Kier alpha value is -3.84. The van der Waals surface area contributed by atoms with E-state index in [0.717, 1.165) is 46.8 Å². The van der Waals surface area contributed by atoms with E-state index in [1.807, 2.05) is 77.2 Å². The summed E-state index contributed by atoms with van der Waals surface area (Å²) in [5.74, 6) is -0.823. The van der Waals surface area contributed by atoms with Gasteiger partial charge in [0.15, 0.2) is 5.71 Å². The molecule has 3 N–H and O–H groups in total. The lowest BCUT2D eigenvalue weighted by Gasteiger charge is -2.27. The maximum Gasteiger partial charge on any atom is 0.303 e. The van der Waals surface area contributed by atoms with Crippen molar-refractivity contribution in [3.05, 3.63) is 95.8 Å². The van der Waals surface area contributed by atoms with Gasteiger partial charge in [-0.2, -0.15) is 21.4 Å². The number of allylic oxidation sites excluding steroid dienone is 8. The summed E-state index contributed by atoms with van der Waals surface area (Å²) in [6.07, 6.45) is 15.6. The summed E-state index contributed by atoms with van der Waals surface area (Å²) in [6.45, 7) is 11.4. The van der Waals surface area contributed by atoms with E-state index < -0.39 is 37.0 Å². The van der Waals surface area contributed by atoms with Gasteiger partial charge in [0.2, 0.25) is 5.69 Å². The molecule has 0 saturated carbocycles. The molecule has 0 atom stereocenters. The predicted molar refractivity (Wildman–Crippen MR) is 183 cm³/mol. The summed E-state index contributed by atoms with van der Waals surface area (Å²) in [6, 6.07) is 9.28. The fraction of sp³-hybridized carbons (Fsp3) is 0.371. The van der Waals surface area contributed by atoms with E-state index in [1.165, 1.54) is 24.3 Å². The number of hydrogen-bond donors (Lipinski definition) is 3. The lowest BCUT2D eigenvalue weighted by molar-refractivity contribution is -0.433. The molecule has 0 aromatic heterocycles. The van der Waals surface area contributed by atoms with Crippen LogP contribution in [0.1, 0.15) is 71.4 Å². The molecule has 4 rings (SSSR count). The summed E-state index contributed by atoms with van der Waals surface area (Å²) >= 11 is 0. The van der Waals surface area contributed by atoms with E-state index in [0.29, 0.717) is 19.5 Å². The van der Waals surface area contributed by atoms with Gasteiger partial charge in [-0.1, -0.05) is 50.6 Å². The summed E-state index contributed by atoms with van der Waals surface area (Å²) in [7, 11) is -8.70. The normalized spacial score (nSPS) is 18.3. The molecule has 0 aliphatic carbocycles. The lowest BCUT2D eigenvalue weighted by atomic mass is 9.81. The monoisotopic (exact) mass is 683 g/mol. The average Bonchev–Trinajstić information content (AvgIpc) is 3.33. The van der Waals surface area contributed by atoms with Gasteiger partial charge in [0.25, 0.3) is 20.2 Å². The first kappa shape index (κ1) is 36.0. The van der Waals surface area contributed by atoms with Crippen LogP contribution in [0.2, 0.25) is 0 Å². The molecule has 0 saturated heterocycles. The zero-order valence-corrected chi connectivity index (χ0v) is 29.0. The Balaban J connectivity index is 1.55. The van der Waals surface area contributed by atoms with Crippen molar-refractivity contribution in [2.75, 3.05) is 18.0 Å². The van der Waals surface area contributed by atoms with Gasteiger partial charge in [0, 0.05) is 47.5 Å². The van der Waals surface area contributed by atoms with Crippen LogP contribution in [0.5, 0.6) is 0 Å². The number of nitrogens with zero attached hydrogens (tertiary/aromatic N) is 2. The fourth-order valence-corrected chi connectivity index (χ4v) is 7.43. The zero-order valence-electron chi connectivity index (χ0n) is 27.3. The van der Waals surface area contributed by atoms with Crippen molar-refractivity contribution in [3.63, 3.8) is 0 Å². The molecule has 0 unspecified atom stereocenters. The standard InChI is InChI=1S/C35H42N2O8S2/c1-6-36-29-20-18-25(46(40,41)42)23-27(29)34(2,3)31(36)15-11-8-7-9-12-16-32-35(4,5)28-24-26(47(43,44)45)19-21-30(28)37(32)22-14-10-13-17-33(38)39/h7-9,11-12,15-16,18-21,23-24H,6,10,13-14,17,22H2,1-5H3,(H2-,38,39,40,41,42,43,44,45)/p+1. The minimum absolute atomic E-state index is 0.112. The van der Waals surface area contributed by atoms with E-state index in [-0.39, 0.29) is 16.2 Å². The molecule has 2 heterocycles. The van der Waals surface area contributed by atoms with Crippen LogP contribution in [0.4, 0.5) is 11.4 Å². The van der Waals surface area contributed by atoms with Gasteiger partial charge in [0.1, 0.15) is 6.54 Å². The number of anilines is 1. The second kappa shape index (κ2) is 13.7. The highest BCUT2D eigenvalue weighted by atomic mass is 32.2. The van der Waals surface area contributed by atoms with Crippen LogP contribution >= 0.6 is 0 Å². The Morgan fingerprint density at radius 1 is 0.809 bits per heavy atom. The molecule has 2 aromatic rings. The van der Waals surface area contributed by atoms with Crippen LogP contribution in [0.3, 0.4) is 0 Å². The maximum absolute atomic E-state index is 11.9. The lowest BCUT2D eigenvalue weighted by Crippen LogP contribution is -2.27. The first-order valence-electron chi connectivity index (χ1n) is 15.5. The smallest absolute Gasteiger partial charge is 0.303 e. The van der Waals surface area contributed by atoms with Gasteiger partial charge in [0.05, 0.1) is 15.2 Å². The van der Waals surface area contributed by atoms with Crippen LogP contribution < -0.4 is 4.90 Å². The minimum Gasteiger partial charge on any atom is -0.481 e. The average molecular weight is 684 g/mol. The first-order chi connectivity index (χ1) is 21.9. The quantitative estimate of drug-likeness (QED) is 0.0921. The van der Waals surface area contributed by atoms with Crippen molar-refractivity contribution in [2.24, 2.45) is 0 Å². The second-order valence-corrected chi connectivity index (χ2v) is 15.6. The Kier molecular flexibility index (Phi) is 10.5. The number of benzene rings is 2. The molecular weight excluding hydrogens is 641 g/mol. The van der Waals surface area contributed by atoms with Gasteiger partial charge in [-0.3, -0.25) is 13.9 Å². The minimum atomic E-state index is -4.38. The molecule has 10 nitrogen and oxygen atoms in total. The number of fused-ring (bicyclic) bond motifs is 2. The third kappa shape index (κ3) is 7.67. The van der Waals surface area contributed by atoms with Gasteiger partial charge < -0.3 is 10.0 Å². The van der Waals surface area contributed by atoms with Crippen molar-refractivity contribution < 1.29 is 40.4 Å². The number of carbonyl (C=O) groups is 1. The van der Waals surface area contributed by atoms with Crippen LogP contribution in [-0.4, -0.2) is 60.4 Å². The van der Waals surface area contributed by atoms with Gasteiger partial charge in [-0.15, -0.1) is 0 Å². The van der Waals surface area contributed by atoms with Crippen molar-refractivity contribution in [3.8, 4) is 0 Å². The summed E-state index contributed by atoms with van der Waals surface area (Å²) in [5.41, 5.74) is 4.22. The summed E-state index contributed by atoms with van der Waals surface area (Å²) in [5, 5.41) is 8.97. The van der Waals surface area contributed by atoms with Gasteiger partial charge in [-0.25, -0.2) is 0 Å². The number of carboxylic acids is 1. The van der Waals surface area contributed by atoms with Crippen molar-refractivity contribution in [2.45, 2.75) is 80.9 Å². The van der Waals surface area contributed by atoms with E-state index in [4.69, 9.17) is 5.11 Å². The third-order valence-electron chi connectivity index (χ3n) is 8.86. The maximum atomic E-state index is 11.9. The highest BCUT2D eigenvalue weighted by Gasteiger charge is 2.44. The molecule has 2 aliphatic heterocycles. The van der Waals surface area contributed by atoms with Crippen LogP contribution in [0.25, 0.3) is 0 Å². The molecule has 252 valence electrons. The second-order valence-electron chi connectivity index (χ2n) is 12.7.